The maximum absolute atomic E-state index is 3.87. The van der Waals surface area contributed by atoms with Gasteiger partial charge in [0.25, 0.3) is 0 Å². The molecular formula is C15H25Br. The second kappa shape index (κ2) is 5.00. The zero-order valence-corrected chi connectivity index (χ0v) is 11.9. The summed E-state index contributed by atoms with van der Waals surface area (Å²) in [5.74, 6) is 4.46. The molecule has 3 fully saturated rings. The van der Waals surface area contributed by atoms with E-state index in [0.29, 0.717) is 0 Å². The molecule has 3 rings (SSSR count). The van der Waals surface area contributed by atoms with Crippen molar-refractivity contribution < 1.29 is 0 Å². The number of alkyl halides is 1. The largest absolute Gasteiger partial charge is 0.0891 e. The van der Waals surface area contributed by atoms with Crippen LogP contribution < -0.4 is 0 Å². The van der Waals surface area contributed by atoms with E-state index in [1.807, 2.05) is 0 Å². The molecule has 5 unspecified atom stereocenters. The molecule has 0 aromatic heterocycles. The Hall–Kier alpha value is 0.480. The van der Waals surface area contributed by atoms with Crippen LogP contribution in [0.1, 0.15) is 64.2 Å². The van der Waals surface area contributed by atoms with Crippen LogP contribution in [-0.4, -0.2) is 4.83 Å². The van der Waals surface area contributed by atoms with Gasteiger partial charge in [-0.3, -0.25) is 0 Å². The van der Waals surface area contributed by atoms with Crippen molar-refractivity contribution in [3.05, 3.63) is 0 Å². The summed E-state index contributed by atoms with van der Waals surface area (Å²) in [6.45, 7) is 0. The zero-order chi connectivity index (χ0) is 11.0. The SMILES string of the molecule is BrC1CCCCC(CC2CC3CCC2C3)C1. The molecule has 92 valence electrons. The van der Waals surface area contributed by atoms with E-state index in [9.17, 15) is 0 Å². The predicted molar refractivity (Wildman–Crippen MR) is 72.8 cm³/mol. The summed E-state index contributed by atoms with van der Waals surface area (Å²) in [5, 5.41) is 0. The Morgan fingerprint density at radius 2 is 1.75 bits per heavy atom. The quantitative estimate of drug-likeness (QED) is 0.486. The fourth-order valence-electron chi connectivity index (χ4n) is 4.70. The first kappa shape index (κ1) is 11.6. The van der Waals surface area contributed by atoms with Crippen LogP contribution in [0.4, 0.5) is 0 Å². The van der Waals surface area contributed by atoms with Crippen molar-refractivity contribution in [3.63, 3.8) is 0 Å². The van der Waals surface area contributed by atoms with Crippen molar-refractivity contribution in [1.82, 2.24) is 0 Å². The van der Waals surface area contributed by atoms with Gasteiger partial charge in [-0.1, -0.05) is 41.6 Å². The lowest BCUT2D eigenvalue weighted by Gasteiger charge is -2.26. The summed E-state index contributed by atoms with van der Waals surface area (Å²) >= 11 is 3.87. The van der Waals surface area contributed by atoms with E-state index < -0.39 is 0 Å². The molecule has 0 spiro atoms. The zero-order valence-electron chi connectivity index (χ0n) is 10.3. The lowest BCUT2D eigenvalue weighted by atomic mass is 9.80. The van der Waals surface area contributed by atoms with Gasteiger partial charge in [-0.25, -0.2) is 0 Å². The molecule has 5 atom stereocenters. The van der Waals surface area contributed by atoms with Crippen LogP contribution in [0.2, 0.25) is 0 Å². The topological polar surface area (TPSA) is 0 Å². The van der Waals surface area contributed by atoms with Gasteiger partial charge in [-0.2, -0.15) is 0 Å². The van der Waals surface area contributed by atoms with E-state index in [1.54, 1.807) is 32.1 Å². The lowest BCUT2D eigenvalue weighted by Crippen LogP contribution is -2.16. The third kappa shape index (κ3) is 2.49. The number of hydrogen-bond donors (Lipinski definition) is 0. The van der Waals surface area contributed by atoms with E-state index in [1.165, 1.54) is 32.1 Å². The maximum Gasteiger partial charge on any atom is 0.0148 e. The molecule has 1 heteroatoms. The predicted octanol–water partition coefficient (Wildman–Crippen LogP) is 5.16. The van der Waals surface area contributed by atoms with Crippen molar-refractivity contribution in [1.29, 1.82) is 0 Å². The van der Waals surface area contributed by atoms with Gasteiger partial charge in [0.2, 0.25) is 0 Å². The van der Waals surface area contributed by atoms with E-state index in [0.717, 1.165) is 28.5 Å². The fourth-order valence-corrected chi connectivity index (χ4v) is 5.56. The molecule has 3 saturated carbocycles. The third-order valence-electron chi connectivity index (χ3n) is 5.49. The summed E-state index contributed by atoms with van der Waals surface area (Å²) < 4.78 is 0. The Labute approximate surface area is 109 Å². The Kier molecular flexibility index (Phi) is 3.61. The molecule has 0 saturated heterocycles. The van der Waals surface area contributed by atoms with Crippen LogP contribution in [0.15, 0.2) is 0 Å². The molecule has 0 amide bonds. The van der Waals surface area contributed by atoms with Crippen LogP contribution >= 0.6 is 15.9 Å². The Morgan fingerprint density at radius 3 is 2.50 bits per heavy atom. The lowest BCUT2D eigenvalue weighted by molar-refractivity contribution is 0.255. The smallest absolute Gasteiger partial charge is 0.0148 e. The van der Waals surface area contributed by atoms with E-state index in [2.05, 4.69) is 15.9 Å². The summed E-state index contributed by atoms with van der Waals surface area (Å²) in [5.41, 5.74) is 0. The molecule has 3 aliphatic rings. The molecule has 2 bridgehead atoms. The monoisotopic (exact) mass is 284 g/mol. The van der Waals surface area contributed by atoms with E-state index in [-0.39, 0.29) is 0 Å². The molecule has 16 heavy (non-hydrogen) atoms. The van der Waals surface area contributed by atoms with Gasteiger partial charge in [0.15, 0.2) is 0 Å². The van der Waals surface area contributed by atoms with Gasteiger partial charge >= 0.3 is 0 Å². The molecule has 0 aliphatic heterocycles. The van der Waals surface area contributed by atoms with Crippen LogP contribution in [-0.2, 0) is 0 Å². The molecule has 0 N–H and O–H groups in total. The number of hydrogen-bond acceptors (Lipinski definition) is 0. The van der Waals surface area contributed by atoms with Gasteiger partial charge < -0.3 is 0 Å². The highest BCUT2D eigenvalue weighted by Crippen LogP contribution is 2.51. The first-order valence-electron chi connectivity index (χ1n) is 7.45. The second-order valence-corrected chi connectivity index (χ2v) is 7.95. The van der Waals surface area contributed by atoms with Crippen molar-refractivity contribution >= 4 is 15.9 Å². The average Bonchev–Trinajstić information content (AvgIpc) is 2.80. The molecule has 0 nitrogen and oxygen atoms in total. The first-order chi connectivity index (χ1) is 7.81. The number of rotatable bonds is 2. The van der Waals surface area contributed by atoms with Crippen LogP contribution in [0.25, 0.3) is 0 Å². The van der Waals surface area contributed by atoms with Gasteiger partial charge in [-0.15, -0.1) is 0 Å². The van der Waals surface area contributed by atoms with Crippen LogP contribution in [0.3, 0.4) is 0 Å². The molecular weight excluding hydrogens is 260 g/mol. The standard InChI is InChI=1S/C15H25Br/c16-15-4-2-1-3-11(10-15)8-14-9-12-5-6-13(14)7-12/h11-15H,1-10H2. The van der Waals surface area contributed by atoms with Gasteiger partial charge in [-0.05, 0) is 62.2 Å². The van der Waals surface area contributed by atoms with E-state index in [4.69, 9.17) is 0 Å². The minimum Gasteiger partial charge on any atom is -0.0891 e. The van der Waals surface area contributed by atoms with Crippen molar-refractivity contribution in [2.24, 2.45) is 23.7 Å². The Morgan fingerprint density at radius 1 is 0.875 bits per heavy atom. The van der Waals surface area contributed by atoms with E-state index >= 15 is 0 Å². The second-order valence-electron chi connectivity index (χ2n) is 6.65. The summed E-state index contributed by atoms with van der Waals surface area (Å²) in [6, 6.07) is 0. The highest BCUT2D eigenvalue weighted by molar-refractivity contribution is 9.09. The molecule has 0 aromatic carbocycles. The Bertz CT molecular complexity index is 238. The molecule has 0 aromatic rings. The van der Waals surface area contributed by atoms with Crippen molar-refractivity contribution in [2.75, 3.05) is 0 Å². The summed E-state index contributed by atoms with van der Waals surface area (Å²) in [6.07, 6.45) is 15.3. The van der Waals surface area contributed by atoms with Crippen molar-refractivity contribution in [3.8, 4) is 0 Å². The highest BCUT2D eigenvalue weighted by Gasteiger charge is 2.40. The van der Waals surface area contributed by atoms with Crippen LogP contribution in [0, 0.1) is 23.7 Å². The average molecular weight is 285 g/mol. The minimum atomic E-state index is 0.832. The first-order valence-corrected chi connectivity index (χ1v) is 8.37. The van der Waals surface area contributed by atoms with Gasteiger partial charge in [0.05, 0.1) is 0 Å². The highest BCUT2D eigenvalue weighted by atomic mass is 79.9. The molecule has 3 aliphatic carbocycles. The van der Waals surface area contributed by atoms with Crippen LogP contribution in [0.5, 0.6) is 0 Å². The minimum absolute atomic E-state index is 0.832. The van der Waals surface area contributed by atoms with Gasteiger partial charge in [0.1, 0.15) is 0 Å². The Balaban J connectivity index is 1.53. The summed E-state index contributed by atoms with van der Waals surface area (Å²) in [4.78, 5) is 0.832. The molecule has 0 radical (unpaired) electrons. The summed E-state index contributed by atoms with van der Waals surface area (Å²) in [7, 11) is 0. The molecule has 0 heterocycles. The van der Waals surface area contributed by atoms with Gasteiger partial charge in [0, 0.05) is 4.83 Å². The number of halogens is 1. The normalized spacial score (nSPS) is 48.2. The van der Waals surface area contributed by atoms with Crippen molar-refractivity contribution in [2.45, 2.75) is 69.0 Å². The third-order valence-corrected chi connectivity index (χ3v) is 6.32. The number of fused-ring (bicyclic) bond motifs is 2. The maximum atomic E-state index is 3.87. The fraction of sp³-hybridized carbons (Fsp3) is 1.00.